The summed E-state index contributed by atoms with van der Waals surface area (Å²) in [6.07, 6.45) is 9.30. The van der Waals surface area contributed by atoms with Crippen LogP contribution in [0.3, 0.4) is 0 Å². The van der Waals surface area contributed by atoms with Gasteiger partial charge in [0.15, 0.2) is 0 Å². The van der Waals surface area contributed by atoms with Gasteiger partial charge in [-0.25, -0.2) is 4.98 Å². The molecule has 1 atom stereocenters. The highest BCUT2D eigenvalue weighted by Gasteiger charge is 2.27. The van der Waals surface area contributed by atoms with E-state index < -0.39 is 0 Å². The molecule has 4 heteroatoms. The van der Waals surface area contributed by atoms with Crippen LogP contribution < -0.4 is 0 Å². The van der Waals surface area contributed by atoms with Crippen LogP contribution in [0.25, 0.3) is 10.7 Å². The summed E-state index contributed by atoms with van der Waals surface area (Å²) in [5.41, 5.74) is 0. The van der Waals surface area contributed by atoms with Gasteiger partial charge in [0.1, 0.15) is 5.82 Å². The molecule has 1 aliphatic heterocycles. The Bertz CT molecular complexity index is 550. The van der Waals surface area contributed by atoms with Crippen LogP contribution in [0.1, 0.15) is 42.7 Å². The molecule has 0 bridgehead atoms. The van der Waals surface area contributed by atoms with Gasteiger partial charge in [0, 0.05) is 29.9 Å². The third-order valence-electron chi connectivity index (χ3n) is 3.70. The smallest absolute Gasteiger partial charge is 0.150 e. The maximum absolute atomic E-state index is 5.74. The Morgan fingerprint density at radius 3 is 3.00 bits per heavy atom. The van der Waals surface area contributed by atoms with Crippen LogP contribution in [0.4, 0.5) is 0 Å². The first kappa shape index (κ1) is 10.8. The third-order valence-corrected chi connectivity index (χ3v) is 4.88. The Balaban J connectivity index is 1.65. The zero-order valence-corrected chi connectivity index (χ0v) is 11.0. The van der Waals surface area contributed by atoms with Gasteiger partial charge in [0.2, 0.25) is 0 Å². The molecule has 0 spiro atoms. The molecule has 2 aromatic rings. The van der Waals surface area contributed by atoms with Crippen LogP contribution in [-0.4, -0.2) is 16.2 Å². The summed E-state index contributed by atoms with van der Waals surface area (Å²) in [6, 6.07) is 5.10. The molecule has 0 N–H and O–H groups in total. The predicted octanol–water partition coefficient (Wildman–Crippen LogP) is 3.80. The first-order valence-electron chi connectivity index (χ1n) is 6.66. The van der Waals surface area contributed by atoms with Crippen molar-refractivity contribution in [1.29, 1.82) is 0 Å². The Morgan fingerprint density at radius 1 is 1.28 bits per heavy atom. The van der Waals surface area contributed by atoms with Gasteiger partial charge in [-0.1, -0.05) is 0 Å². The van der Waals surface area contributed by atoms with Gasteiger partial charge >= 0.3 is 0 Å². The topological polar surface area (TPSA) is 27.1 Å². The summed E-state index contributed by atoms with van der Waals surface area (Å²) >= 11 is 1.84. The number of hydrogen-bond donors (Lipinski definition) is 0. The SMILES string of the molecule is c1cn(C2CC2)c(-c2ccc(C3CCCO3)s2)n1. The molecule has 2 aromatic heterocycles. The lowest BCUT2D eigenvalue weighted by molar-refractivity contribution is 0.114. The molecular formula is C14H16N2OS. The lowest BCUT2D eigenvalue weighted by atomic mass is 10.2. The van der Waals surface area contributed by atoms with E-state index in [1.807, 2.05) is 17.5 Å². The monoisotopic (exact) mass is 260 g/mol. The van der Waals surface area contributed by atoms with Crippen LogP contribution in [0.15, 0.2) is 24.5 Å². The molecule has 1 saturated carbocycles. The molecule has 2 aliphatic rings. The van der Waals surface area contributed by atoms with Crippen molar-refractivity contribution in [2.24, 2.45) is 0 Å². The lowest BCUT2D eigenvalue weighted by Gasteiger charge is -2.06. The molecule has 18 heavy (non-hydrogen) atoms. The fraction of sp³-hybridized carbons (Fsp3) is 0.500. The minimum atomic E-state index is 0.327. The van der Waals surface area contributed by atoms with Crippen molar-refractivity contribution < 1.29 is 4.74 Å². The first-order valence-corrected chi connectivity index (χ1v) is 7.48. The van der Waals surface area contributed by atoms with Crippen molar-refractivity contribution in [3.63, 3.8) is 0 Å². The molecule has 0 radical (unpaired) electrons. The van der Waals surface area contributed by atoms with E-state index >= 15 is 0 Å². The van der Waals surface area contributed by atoms with Gasteiger partial charge in [-0.05, 0) is 37.8 Å². The molecule has 2 fully saturated rings. The molecular weight excluding hydrogens is 244 g/mol. The molecule has 0 aromatic carbocycles. The standard InChI is InChI=1S/C14H16N2OS/c1-2-11(17-9-1)12-5-6-13(18-12)14-15-7-8-16(14)10-3-4-10/h5-8,10-11H,1-4,9H2. The van der Waals surface area contributed by atoms with Crippen molar-refractivity contribution in [2.75, 3.05) is 6.61 Å². The predicted molar refractivity (Wildman–Crippen MR) is 71.7 cm³/mol. The van der Waals surface area contributed by atoms with Gasteiger partial charge in [-0.2, -0.15) is 0 Å². The quantitative estimate of drug-likeness (QED) is 0.839. The maximum atomic E-state index is 5.74. The number of aromatic nitrogens is 2. The summed E-state index contributed by atoms with van der Waals surface area (Å²) in [5.74, 6) is 1.13. The molecule has 1 saturated heterocycles. The van der Waals surface area contributed by atoms with E-state index in [1.165, 1.54) is 29.0 Å². The second-order valence-corrected chi connectivity index (χ2v) is 6.21. The van der Waals surface area contributed by atoms with Gasteiger partial charge in [-0.3, -0.25) is 0 Å². The highest BCUT2D eigenvalue weighted by atomic mass is 32.1. The Kier molecular flexibility index (Phi) is 2.52. The Hall–Kier alpha value is -1.13. The number of thiophene rings is 1. The number of hydrogen-bond acceptors (Lipinski definition) is 3. The second-order valence-electron chi connectivity index (χ2n) is 5.09. The van der Waals surface area contributed by atoms with Crippen molar-refractivity contribution in [1.82, 2.24) is 9.55 Å². The van der Waals surface area contributed by atoms with E-state index in [9.17, 15) is 0 Å². The van der Waals surface area contributed by atoms with Gasteiger partial charge < -0.3 is 9.30 Å². The first-order chi connectivity index (χ1) is 8.92. The second kappa shape index (κ2) is 4.21. The summed E-state index contributed by atoms with van der Waals surface area (Å²) in [4.78, 5) is 7.15. The minimum Gasteiger partial charge on any atom is -0.373 e. The molecule has 3 heterocycles. The highest BCUT2D eigenvalue weighted by molar-refractivity contribution is 7.15. The fourth-order valence-electron chi connectivity index (χ4n) is 2.60. The third kappa shape index (κ3) is 1.80. The molecule has 1 unspecified atom stereocenters. The van der Waals surface area contributed by atoms with Crippen LogP contribution >= 0.6 is 11.3 Å². The highest BCUT2D eigenvalue weighted by Crippen LogP contribution is 2.41. The average molecular weight is 260 g/mol. The van der Waals surface area contributed by atoms with Gasteiger partial charge in [0.05, 0.1) is 11.0 Å². The van der Waals surface area contributed by atoms with Crippen molar-refractivity contribution in [3.05, 3.63) is 29.4 Å². The summed E-state index contributed by atoms with van der Waals surface area (Å²) in [5, 5.41) is 0. The van der Waals surface area contributed by atoms with Crippen LogP contribution in [-0.2, 0) is 4.74 Å². The molecule has 0 amide bonds. The molecule has 1 aliphatic carbocycles. The normalized spacial score (nSPS) is 23.7. The number of rotatable bonds is 3. The van der Waals surface area contributed by atoms with Gasteiger partial charge in [0.25, 0.3) is 0 Å². The van der Waals surface area contributed by atoms with E-state index in [4.69, 9.17) is 4.74 Å². The van der Waals surface area contributed by atoms with Crippen molar-refractivity contribution >= 4 is 11.3 Å². The largest absolute Gasteiger partial charge is 0.373 e. The van der Waals surface area contributed by atoms with Gasteiger partial charge in [-0.15, -0.1) is 11.3 Å². The zero-order valence-electron chi connectivity index (χ0n) is 10.2. The van der Waals surface area contributed by atoms with E-state index in [-0.39, 0.29) is 0 Å². The number of ether oxygens (including phenoxy) is 1. The summed E-state index contributed by atoms with van der Waals surface area (Å²) < 4.78 is 8.07. The number of nitrogens with zero attached hydrogens (tertiary/aromatic N) is 2. The lowest BCUT2D eigenvalue weighted by Crippen LogP contribution is -1.94. The van der Waals surface area contributed by atoms with Crippen molar-refractivity contribution in [3.8, 4) is 10.7 Å². The summed E-state index contributed by atoms with van der Waals surface area (Å²) in [6.45, 7) is 0.911. The molecule has 94 valence electrons. The average Bonchev–Trinajstić information content (AvgIpc) is 2.91. The molecule has 3 nitrogen and oxygen atoms in total. The van der Waals surface area contributed by atoms with E-state index in [1.54, 1.807) is 0 Å². The molecule has 4 rings (SSSR count). The Labute approximate surface area is 110 Å². The van der Waals surface area contributed by atoms with E-state index in [0.29, 0.717) is 12.1 Å². The fourth-order valence-corrected chi connectivity index (χ4v) is 3.69. The zero-order chi connectivity index (χ0) is 11.9. The van der Waals surface area contributed by atoms with Crippen LogP contribution in [0.5, 0.6) is 0 Å². The minimum absolute atomic E-state index is 0.327. The Morgan fingerprint density at radius 2 is 2.22 bits per heavy atom. The summed E-state index contributed by atoms with van der Waals surface area (Å²) in [7, 11) is 0. The van der Waals surface area contributed by atoms with Crippen molar-refractivity contribution in [2.45, 2.75) is 37.8 Å². The van der Waals surface area contributed by atoms with E-state index in [0.717, 1.165) is 18.9 Å². The van der Waals surface area contributed by atoms with E-state index in [2.05, 4.69) is 27.9 Å². The number of imidazole rings is 1. The maximum Gasteiger partial charge on any atom is 0.150 e. The van der Waals surface area contributed by atoms with Crippen LogP contribution in [0, 0.1) is 0 Å². The van der Waals surface area contributed by atoms with Crippen LogP contribution in [0.2, 0.25) is 0 Å².